The number of amides is 1. The fourth-order valence-corrected chi connectivity index (χ4v) is 2.57. The summed E-state index contributed by atoms with van der Waals surface area (Å²) in [7, 11) is 0. The number of hydrogen-bond donors (Lipinski definition) is 3. The second-order valence-corrected chi connectivity index (χ2v) is 5.03. The van der Waals surface area contributed by atoms with E-state index in [-0.39, 0.29) is 17.8 Å². The fraction of sp³-hybridized carbons (Fsp3) is 0.455. The molecule has 92 valence electrons. The maximum Gasteiger partial charge on any atom is 0.252 e. The zero-order valence-corrected chi connectivity index (χ0v) is 10.3. The van der Waals surface area contributed by atoms with Crippen molar-refractivity contribution >= 4 is 23.1 Å². The number of nitrogens with zero attached hydrogens (tertiary/aromatic N) is 1. The van der Waals surface area contributed by atoms with E-state index in [2.05, 4.69) is 10.5 Å². The van der Waals surface area contributed by atoms with E-state index in [1.54, 1.807) is 5.38 Å². The molecule has 1 aliphatic carbocycles. The van der Waals surface area contributed by atoms with E-state index >= 15 is 0 Å². The van der Waals surface area contributed by atoms with E-state index in [0.717, 1.165) is 18.4 Å². The molecule has 17 heavy (non-hydrogen) atoms. The molecule has 0 saturated heterocycles. The van der Waals surface area contributed by atoms with Crippen molar-refractivity contribution in [1.29, 1.82) is 0 Å². The zero-order valence-electron chi connectivity index (χ0n) is 9.51. The lowest BCUT2D eigenvalue weighted by molar-refractivity contribution is 0.0943. The number of carbonyl (C=O) groups excluding carboxylic acids is 1. The number of hydrogen-bond acceptors (Lipinski definition) is 4. The van der Waals surface area contributed by atoms with Crippen LogP contribution in [0.2, 0.25) is 0 Å². The lowest BCUT2D eigenvalue weighted by atomic mass is 10.1. The molecular weight excluding hydrogens is 238 g/mol. The van der Waals surface area contributed by atoms with E-state index < -0.39 is 0 Å². The predicted octanol–water partition coefficient (Wildman–Crippen LogP) is 1.31. The number of aryl methyl sites for hydroxylation is 1. The molecule has 1 saturated carbocycles. The van der Waals surface area contributed by atoms with Gasteiger partial charge >= 0.3 is 0 Å². The van der Waals surface area contributed by atoms with Gasteiger partial charge in [0, 0.05) is 5.38 Å². The number of oxime groups is 1. The Balaban J connectivity index is 2.08. The Kier molecular flexibility index (Phi) is 3.33. The van der Waals surface area contributed by atoms with Crippen LogP contribution in [0.3, 0.4) is 0 Å². The molecule has 0 bridgehead atoms. The normalized spacial score (nSPS) is 17.8. The topological polar surface area (TPSA) is 87.7 Å². The van der Waals surface area contributed by atoms with E-state index in [4.69, 9.17) is 10.9 Å². The molecular formula is C11H15N3O2S. The van der Waals surface area contributed by atoms with Crippen molar-refractivity contribution in [2.45, 2.75) is 25.8 Å². The predicted molar refractivity (Wildman–Crippen MR) is 66.4 cm³/mol. The Hall–Kier alpha value is -1.56. The van der Waals surface area contributed by atoms with Crippen molar-refractivity contribution < 1.29 is 10.0 Å². The smallest absolute Gasteiger partial charge is 0.252 e. The monoisotopic (exact) mass is 253 g/mol. The first kappa shape index (κ1) is 11.9. The summed E-state index contributed by atoms with van der Waals surface area (Å²) in [5, 5.41) is 18.2. The summed E-state index contributed by atoms with van der Waals surface area (Å²) < 4.78 is 0. The zero-order chi connectivity index (χ0) is 12.4. The third-order valence-electron chi connectivity index (χ3n) is 2.91. The van der Waals surface area contributed by atoms with Gasteiger partial charge in [0.05, 0.1) is 11.6 Å². The van der Waals surface area contributed by atoms with Gasteiger partial charge in [-0.3, -0.25) is 4.79 Å². The lowest BCUT2D eigenvalue weighted by Gasteiger charge is -2.16. The highest BCUT2D eigenvalue weighted by Crippen LogP contribution is 2.33. The van der Waals surface area contributed by atoms with E-state index in [1.165, 1.54) is 11.3 Å². The molecule has 2 rings (SSSR count). The molecule has 0 aliphatic heterocycles. The SMILES string of the molecule is Cc1cscc1C(=O)NC(C(N)=NO)C1CC1. The molecule has 1 atom stereocenters. The van der Waals surface area contributed by atoms with Crippen molar-refractivity contribution in [3.05, 3.63) is 21.9 Å². The summed E-state index contributed by atoms with van der Waals surface area (Å²) in [6.07, 6.45) is 2.01. The molecule has 1 unspecified atom stereocenters. The van der Waals surface area contributed by atoms with Crippen LogP contribution in [0.25, 0.3) is 0 Å². The quantitative estimate of drug-likeness (QED) is 0.327. The average molecular weight is 253 g/mol. The number of nitrogens with two attached hydrogens (primary N) is 1. The first-order valence-corrected chi connectivity index (χ1v) is 6.39. The first-order valence-electron chi connectivity index (χ1n) is 5.44. The van der Waals surface area contributed by atoms with Crippen molar-refractivity contribution in [3.63, 3.8) is 0 Å². The molecule has 1 aliphatic rings. The fourth-order valence-electron chi connectivity index (χ4n) is 1.74. The van der Waals surface area contributed by atoms with E-state index in [1.807, 2.05) is 12.3 Å². The Morgan fingerprint density at radius 1 is 1.65 bits per heavy atom. The summed E-state index contributed by atoms with van der Waals surface area (Å²) in [4.78, 5) is 12.0. The molecule has 1 heterocycles. The van der Waals surface area contributed by atoms with Crippen LogP contribution in [0.4, 0.5) is 0 Å². The third-order valence-corrected chi connectivity index (χ3v) is 3.78. The Morgan fingerprint density at radius 3 is 2.82 bits per heavy atom. The van der Waals surface area contributed by atoms with Gasteiger partial charge < -0.3 is 16.3 Å². The summed E-state index contributed by atoms with van der Waals surface area (Å²) in [5.74, 6) is 0.217. The molecule has 1 aromatic heterocycles. The second-order valence-electron chi connectivity index (χ2n) is 4.28. The van der Waals surface area contributed by atoms with Gasteiger partial charge in [-0.25, -0.2) is 0 Å². The minimum absolute atomic E-state index is 0.0775. The van der Waals surface area contributed by atoms with Crippen molar-refractivity contribution in [3.8, 4) is 0 Å². The summed E-state index contributed by atoms with van der Waals surface area (Å²) >= 11 is 1.49. The summed E-state index contributed by atoms with van der Waals surface area (Å²) in [6.45, 7) is 1.89. The van der Waals surface area contributed by atoms with Crippen molar-refractivity contribution in [2.24, 2.45) is 16.8 Å². The molecule has 0 radical (unpaired) electrons. The van der Waals surface area contributed by atoms with Gasteiger partial charge in [0.15, 0.2) is 5.84 Å². The molecule has 5 nitrogen and oxygen atoms in total. The number of carbonyl (C=O) groups is 1. The highest BCUT2D eigenvalue weighted by Gasteiger charge is 2.35. The van der Waals surface area contributed by atoms with Gasteiger partial charge in [0.1, 0.15) is 0 Å². The van der Waals surface area contributed by atoms with Gasteiger partial charge in [-0.05, 0) is 36.6 Å². The minimum atomic E-state index is -0.355. The van der Waals surface area contributed by atoms with Crippen LogP contribution in [-0.4, -0.2) is 23.0 Å². The molecule has 0 aromatic carbocycles. The lowest BCUT2D eigenvalue weighted by Crippen LogP contribution is -2.46. The molecule has 1 amide bonds. The van der Waals surface area contributed by atoms with Crippen LogP contribution >= 0.6 is 11.3 Å². The van der Waals surface area contributed by atoms with Crippen LogP contribution in [-0.2, 0) is 0 Å². The minimum Gasteiger partial charge on any atom is -0.409 e. The largest absolute Gasteiger partial charge is 0.409 e. The van der Waals surface area contributed by atoms with Gasteiger partial charge in [0.25, 0.3) is 5.91 Å². The highest BCUT2D eigenvalue weighted by atomic mass is 32.1. The number of rotatable bonds is 4. The number of amidine groups is 1. The Morgan fingerprint density at radius 2 is 2.35 bits per heavy atom. The Labute approximate surface area is 103 Å². The molecule has 0 spiro atoms. The Bertz CT molecular complexity index is 451. The molecule has 4 N–H and O–H groups in total. The summed E-state index contributed by atoms with van der Waals surface area (Å²) in [5.41, 5.74) is 7.19. The molecule has 1 aromatic rings. The first-order chi connectivity index (χ1) is 8.13. The standard InChI is InChI=1S/C11H15N3O2S/c1-6-4-17-5-8(6)11(15)13-9(7-2-3-7)10(12)14-16/h4-5,7,9,16H,2-3H2,1H3,(H2,12,14)(H,13,15). The van der Waals surface area contributed by atoms with Crippen LogP contribution in [0.1, 0.15) is 28.8 Å². The molecule has 6 heteroatoms. The maximum absolute atomic E-state index is 12.0. The van der Waals surface area contributed by atoms with Crippen LogP contribution in [0.5, 0.6) is 0 Å². The van der Waals surface area contributed by atoms with Crippen LogP contribution < -0.4 is 11.1 Å². The van der Waals surface area contributed by atoms with Gasteiger partial charge in [-0.15, -0.1) is 0 Å². The number of thiophene rings is 1. The second kappa shape index (κ2) is 4.75. The van der Waals surface area contributed by atoms with E-state index in [0.29, 0.717) is 11.5 Å². The van der Waals surface area contributed by atoms with Crippen LogP contribution in [0.15, 0.2) is 15.9 Å². The van der Waals surface area contributed by atoms with Crippen molar-refractivity contribution in [2.75, 3.05) is 0 Å². The average Bonchev–Trinajstić information content (AvgIpc) is 3.07. The summed E-state index contributed by atoms with van der Waals surface area (Å²) in [6, 6.07) is -0.355. The maximum atomic E-state index is 12.0. The highest BCUT2D eigenvalue weighted by molar-refractivity contribution is 7.08. The van der Waals surface area contributed by atoms with Crippen molar-refractivity contribution in [1.82, 2.24) is 5.32 Å². The van der Waals surface area contributed by atoms with Gasteiger partial charge in [-0.2, -0.15) is 11.3 Å². The van der Waals surface area contributed by atoms with Crippen LogP contribution in [0, 0.1) is 12.8 Å². The number of nitrogens with one attached hydrogen (secondary N) is 1. The van der Waals surface area contributed by atoms with Gasteiger partial charge in [-0.1, -0.05) is 5.16 Å². The van der Waals surface area contributed by atoms with E-state index in [9.17, 15) is 4.79 Å². The molecule has 1 fully saturated rings. The third kappa shape index (κ3) is 2.58. The van der Waals surface area contributed by atoms with Gasteiger partial charge in [0.2, 0.25) is 0 Å².